The lowest BCUT2D eigenvalue weighted by atomic mass is 10.1. The van der Waals surface area contributed by atoms with Crippen LogP contribution in [0.15, 0.2) is 18.2 Å². The predicted molar refractivity (Wildman–Crippen MR) is 76.2 cm³/mol. The SMILES string of the molecule is CC(O)CC1CCCN1Cc1ccc(Cl)cc1Cl. The highest BCUT2D eigenvalue weighted by Gasteiger charge is 2.25. The third kappa shape index (κ3) is 3.61. The maximum absolute atomic E-state index is 9.52. The van der Waals surface area contributed by atoms with Gasteiger partial charge in [0.25, 0.3) is 0 Å². The minimum absolute atomic E-state index is 0.240. The van der Waals surface area contributed by atoms with Gasteiger partial charge in [0.2, 0.25) is 0 Å². The fraction of sp³-hybridized carbons (Fsp3) is 0.571. The zero-order chi connectivity index (χ0) is 13.1. The Bertz CT molecular complexity index is 409. The van der Waals surface area contributed by atoms with Crippen molar-refractivity contribution in [1.82, 2.24) is 4.90 Å². The molecule has 2 rings (SSSR count). The monoisotopic (exact) mass is 287 g/mol. The number of benzene rings is 1. The Kier molecular flexibility index (Phi) is 4.91. The number of nitrogens with zero attached hydrogens (tertiary/aromatic N) is 1. The highest BCUT2D eigenvalue weighted by molar-refractivity contribution is 6.35. The molecule has 1 aliphatic heterocycles. The van der Waals surface area contributed by atoms with Crippen LogP contribution in [0, 0.1) is 0 Å². The normalized spacial score (nSPS) is 22.3. The summed E-state index contributed by atoms with van der Waals surface area (Å²) in [6, 6.07) is 6.13. The van der Waals surface area contributed by atoms with E-state index in [1.54, 1.807) is 6.07 Å². The van der Waals surface area contributed by atoms with Gasteiger partial charge in [-0.05, 0) is 50.4 Å². The minimum atomic E-state index is -0.240. The Labute approximate surface area is 119 Å². The molecule has 0 radical (unpaired) electrons. The van der Waals surface area contributed by atoms with Gasteiger partial charge in [0.05, 0.1) is 6.10 Å². The lowest BCUT2D eigenvalue weighted by Crippen LogP contribution is -2.31. The molecule has 2 atom stereocenters. The molecule has 1 fully saturated rings. The standard InChI is InChI=1S/C14H19Cl2NO/c1-10(18)7-13-3-2-6-17(13)9-11-4-5-12(15)8-14(11)16/h4-5,8,10,13,18H,2-3,6-7,9H2,1H3. The Hall–Kier alpha value is -0.280. The van der Waals surface area contributed by atoms with Crippen LogP contribution in [-0.2, 0) is 6.54 Å². The average Bonchev–Trinajstić information content (AvgIpc) is 2.69. The largest absolute Gasteiger partial charge is 0.393 e. The van der Waals surface area contributed by atoms with Crippen molar-refractivity contribution in [3.8, 4) is 0 Å². The van der Waals surface area contributed by atoms with Crippen LogP contribution in [0.2, 0.25) is 10.0 Å². The molecule has 2 unspecified atom stereocenters. The van der Waals surface area contributed by atoms with Crippen molar-refractivity contribution < 1.29 is 5.11 Å². The lowest BCUT2D eigenvalue weighted by Gasteiger charge is -2.25. The summed E-state index contributed by atoms with van der Waals surface area (Å²) < 4.78 is 0. The van der Waals surface area contributed by atoms with Gasteiger partial charge < -0.3 is 5.11 Å². The van der Waals surface area contributed by atoms with Gasteiger partial charge in [-0.1, -0.05) is 29.3 Å². The molecule has 0 saturated carbocycles. The van der Waals surface area contributed by atoms with E-state index in [0.717, 1.165) is 36.5 Å². The van der Waals surface area contributed by atoms with Crippen LogP contribution >= 0.6 is 23.2 Å². The summed E-state index contributed by atoms with van der Waals surface area (Å²) in [5, 5.41) is 10.9. The van der Waals surface area contributed by atoms with Crippen molar-refractivity contribution in [2.75, 3.05) is 6.54 Å². The third-order valence-corrected chi connectivity index (χ3v) is 4.09. The lowest BCUT2D eigenvalue weighted by molar-refractivity contribution is 0.131. The van der Waals surface area contributed by atoms with Gasteiger partial charge in [-0.3, -0.25) is 4.90 Å². The number of likely N-dealkylation sites (tertiary alicyclic amines) is 1. The molecule has 1 aliphatic rings. The maximum atomic E-state index is 9.52. The number of aliphatic hydroxyl groups excluding tert-OH is 1. The van der Waals surface area contributed by atoms with Crippen molar-refractivity contribution in [3.63, 3.8) is 0 Å². The summed E-state index contributed by atoms with van der Waals surface area (Å²) >= 11 is 12.1. The molecule has 0 spiro atoms. The molecule has 1 heterocycles. The molecule has 0 aliphatic carbocycles. The van der Waals surface area contributed by atoms with Gasteiger partial charge >= 0.3 is 0 Å². The van der Waals surface area contributed by atoms with E-state index in [9.17, 15) is 5.11 Å². The second-order valence-corrected chi connectivity index (χ2v) is 5.93. The molecule has 1 aromatic carbocycles. The van der Waals surface area contributed by atoms with Crippen LogP contribution in [0.5, 0.6) is 0 Å². The van der Waals surface area contributed by atoms with E-state index in [1.807, 2.05) is 19.1 Å². The molecule has 0 bridgehead atoms. The summed E-state index contributed by atoms with van der Waals surface area (Å²) in [6.45, 7) is 3.77. The molecular weight excluding hydrogens is 269 g/mol. The number of aliphatic hydroxyl groups is 1. The van der Waals surface area contributed by atoms with Gasteiger partial charge in [-0.15, -0.1) is 0 Å². The van der Waals surface area contributed by atoms with Crippen molar-refractivity contribution in [3.05, 3.63) is 33.8 Å². The Morgan fingerprint density at radius 2 is 2.22 bits per heavy atom. The smallest absolute Gasteiger partial charge is 0.0527 e. The van der Waals surface area contributed by atoms with Crippen LogP contribution in [0.1, 0.15) is 31.7 Å². The Morgan fingerprint density at radius 3 is 2.89 bits per heavy atom. The van der Waals surface area contributed by atoms with Crippen LogP contribution in [-0.4, -0.2) is 28.7 Å². The van der Waals surface area contributed by atoms with Gasteiger partial charge in [-0.25, -0.2) is 0 Å². The summed E-state index contributed by atoms with van der Waals surface area (Å²) in [4.78, 5) is 2.40. The summed E-state index contributed by atoms with van der Waals surface area (Å²) in [5.41, 5.74) is 1.11. The van der Waals surface area contributed by atoms with Gasteiger partial charge in [0.1, 0.15) is 0 Å². The van der Waals surface area contributed by atoms with Gasteiger partial charge in [-0.2, -0.15) is 0 Å². The number of hydrogen-bond acceptors (Lipinski definition) is 2. The van der Waals surface area contributed by atoms with Crippen molar-refractivity contribution >= 4 is 23.2 Å². The number of hydrogen-bond donors (Lipinski definition) is 1. The first kappa shape index (κ1) is 14.1. The molecule has 4 heteroatoms. The Morgan fingerprint density at radius 1 is 1.44 bits per heavy atom. The minimum Gasteiger partial charge on any atom is -0.393 e. The van der Waals surface area contributed by atoms with Crippen LogP contribution in [0.25, 0.3) is 0 Å². The molecule has 1 aromatic rings. The van der Waals surface area contributed by atoms with E-state index in [2.05, 4.69) is 4.90 Å². The zero-order valence-corrected chi connectivity index (χ0v) is 12.1. The first-order valence-corrected chi connectivity index (χ1v) is 7.18. The second kappa shape index (κ2) is 6.25. The summed E-state index contributed by atoms with van der Waals surface area (Å²) in [5.74, 6) is 0. The van der Waals surface area contributed by atoms with E-state index < -0.39 is 0 Å². The molecule has 0 aromatic heterocycles. The first-order chi connectivity index (χ1) is 8.56. The fourth-order valence-corrected chi connectivity index (χ4v) is 3.10. The van der Waals surface area contributed by atoms with E-state index in [0.29, 0.717) is 11.1 Å². The molecule has 100 valence electrons. The van der Waals surface area contributed by atoms with E-state index in [-0.39, 0.29) is 6.10 Å². The van der Waals surface area contributed by atoms with E-state index in [4.69, 9.17) is 23.2 Å². The van der Waals surface area contributed by atoms with E-state index in [1.165, 1.54) is 6.42 Å². The second-order valence-electron chi connectivity index (χ2n) is 5.09. The number of halogens is 2. The highest BCUT2D eigenvalue weighted by atomic mass is 35.5. The maximum Gasteiger partial charge on any atom is 0.0527 e. The average molecular weight is 288 g/mol. The van der Waals surface area contributed by atoms with Crippen LogP contribution < -0.4 is 0 Å². The van der Waals surface area contributed by atoms with Crippen molar-refractivity contribution in [1.29, 1.82) is 0 Å². The quantitative estimate of drug-likeness (QED) is 0.912. The molecule has 18 heavy (non-hydrogen) atoms. The summed E-state index contributed by atoms with van der Waals surface area (Å²) in [7, 11) is 0. The van der Waals surface area contributed by atoms with Crippen molar-refractivity contribution in [2.45, 2.75) is 44.9 Å². The van der Waals surface area contributed by atoms with Crippen LogP contribution in [0.3, 0.4) is 0 Å². The van der Waals surface area contributed by atoms with Gasteiger partial charge in [0.15, 0.2) is 0 Å². The molecule has 1 N–H and O–H groups in total. The highest BCUT2D eigenvalue weighted by Crippen LogP contribution is 2.27. The topological polar surface area (TPSA) is 23.5 Å². The predicted octanol–water partition coefficient (Wildman–Crippen LogP) is 3.73. The molecule has 0 amide bonds. The Balaban J connectivity index is 2.03. The zero-order valence-electron chi connectivity index (χ0n) is 10.6. The van der Waals surface area contributed by atoms with Crippen molar-refractivity contribution in [2.24, 2.45) is 0 Å². The molecular formula is C14H19Cl2NO. The summed E-state index contributed by atoms with van der Waals surface area (Å²) in [6.07, 6.45) is 2.96. The number of rotatable bonds is 4. The molecule has 1 saturated heterocycles. The third-order valence-electron chi connectivity index (χ3n) is 3.50. The first-order valence-electron chi connectivity index (χ1n) is 6.42. The fourth-order valence-electron chi connectivity index (χ4n) is 2.63. The van der Waals surface area contributed by atoms with Gasteiger partial charge in [0, 0.05) is 22.6 Å². The molecule has 2 nitrogen and oxygen atoms in total. The van der Waals surface area contributed by atoms with Crippen LogP contribution in [0.4, 0.5) is 0 Å². The van der Waals surface area contributed by atoms with E-state index >= 15 is 0 Å².